The summed E-state index contributed by atoms with van der Waals surface area (Å²) in [5, 5.41) is 9.42. The van der Waals surface area contributed by atoms with Crippen molar-refractivity contribution in [3.8, 4) is 17.2 Å². The molecule has 0 atom stereocenters. The zero-order valence-corrected chi connectivity index (χ0v) is 16.1. The number of nitriles is 1. The SMILES string of the molecule is CC.Cc1cccc(C2CCC(C(F)(F)F)CC2)c1-c1ccccc1C#N. The summed E-state index contributed by atoms with van der Waals surface area (Å²) in [5.41, 5.74) is 4.61. The maximum absolute atomic E-state index is 12.9. The highest BCUT2D eigenvalue weighted by molar-refractivity contribution is 5.76. The number of alkyl halides is 3. The Hall–Kier alpha value is -2.28. The van der Waals surface area contributed by atoms with E-state index in [-0.39, 0.29) is 18.8 Å². The van der Waals surface area contributed by atoms with E-state index >= 15 is 0 Å². The summed E-state index contributed by atoms with van der Waals surface area (Å²) >= 11 is 0. The van der Waals surface area contributed by atoms with Gasteiger partial charge in [-0.25, -0.2) is 0 Å². The third-order valence-corrected chi connectivity index (χ3v) is 5.25. The fourth-order valence-corrected chi connectivity index (χ4v) is 3.93. The van der Waals surface area contributed by atoms with Crippen molar-refractivity contribution in [1.82, 2.24) is 0 Å². The molecule has 4 heteroatoms. The van der Waals surface area contributed by atoms with Gasteiger partial charge in [-0.2, -0.15) is 18.4 Å². The lowest BCUT2D eigenvalue weighted by atomic mass is 9.75. The molecule has 1 saturated carbocycles. The first-order valence-corrected chi connectivity index (χ1v) is 9.57. The second kappa shape index (κ2) is 9.08. The second-order valence-electron chi connectivity index (χ2n) is 6.79. The van der Waals surface area contributed by atoms with E-state index in [2.05, 4.69) is 6.07 Å². The summed E-state index contributed by atoms with van der Waals surface area (Å²) in [6, 6.07) is 15.6. The van der Waals surface area contributed by atoms with Crippen LogP contribution in [0.1, 0.15) is 62.1 Å². The molecule has 1 nitrogen and oxygen atoms in total. The highest BCUT2D eigenvalue weighted by Gasteiger charge is 2.41. The highest BCUT2D eigenvalue weighted by atomic mass is 19.4. The van der Waals surface area contributed by atoms with E-state index in [9.17, 15) is 18.4 Å². The lowest BCUT2D eigenvalue weighted by Crippen LogP contribution is -2.27. The molecule has 0 bridgehead atoms. The third kappa shape index (κ3) is 4.71. The number of hydrogen-bond donors (Lipinski definition) is 0. The normalized spacial score (nSPS) is 19.6. The monoisotopic (exact) mass is 373 g/mol. The Labute approximate surface area is 159 Å². The van der Waals surface area contributed by atoms with Gasteiger partial charge in [0.1, 0.15) is 0 Å². The quantitative estimate of drug-likeness (QED) is 0.538. The van der Waals surface area contributed by atoms with Crippen molar-refractivity contribution in [2.45, 2.75) is 58.5 Å². The first-order valence-electron chi connectivity index (χ1n) is 9.57. The Balaban J connectivity index is 0.00000126. The van der Waals surface area contributed by atoms with Crippen LogP contribution < -0.4 is 0 Å². The fourth-order valence-electron chi connectivity index (χ4n) is 3.93. The van der Waals surface area contributed by atoms with E-state index in [1.807, 2.05) is 57.2 Å². The van der Waals surface area contributed by atoms with Crippen molar-refractivity contribution in [3.63, 3.8) is 0 Å². The zero-order valence-electron chi connectivity index (χ0n) is 16.1. The molecule has 2 aromatic rings. The van der Waals surface area contributed by atoms with Crippen molar-refractivity contribution >= 4 is 0 Å². The molecular formula is C23H26F3N. The number of hydrogen-bond acceptors (Lipinski definition) is 1. The Morgan fingerprint density at radius 1 is 0.926 bits per heavy atom. The summed E-state index contributed by atoms with van der Waals surface area (Å²) in [6.07, 6.45) is -2.65. The largest absolute Gasteiger partial charge is 0.391 e. The minimum Gasteiger partial charge on any atom is -0.192 e. The predicted molar refractivity (Wildman–Crippen MR) is 103 cm³/mol. The molecule has 27 heavy (non-hydrogen) atoms. The first kappa shape index (κ1) is 21.0. The third-order valence-electron chi connectivity index (χ3n) is 5.25. The van der Waals surface area contributed by atoms with Gasteiger partial charge in [-0.3, -0.25) is 0 Å². The van der Waals surface area contributed by atoms with E-state index in [0.29, 0.717) is 18.4 Å². The van der Waals surface area contributed by atoms with Crippen LogP contribution in [0.25, 0.3) is 11.1 Å². The van der Waals surface area contributed by atoms with Gasteiger partial charge in [0.15, 0.2) is 0 Å². The molecule has 0 spiro atoms. The number of rotatable bonds is 2. The van der Waals surface area contributed by atoms with Crippen LogP contribution in [-0.4, -0.2) is 6.18 Å². The minimum absolute atomic E-state index is 0.111. The first-order chi connectivity index (χ1) is 12.9. The maximum Gasteiger partial charge on any atom is 0.391 e. The number of halogens is 3. The Bertz CT molecular complexity index is 794. The molecule has 0 aliphatic heterocycles. The highest BCUT2D eigenvalue weighted by Crippen LogP contribution is 2.45. The molecule has 1 aliphatic carbocycles. The van der Waals surface area contributed by atoms with Crippen LogP contribution in [0.2, 0.25) is 0 Å². The summed E-state index contributed by atoms with van der Waals surface area (Å²) in [7, 11) is 0. The molecule has 0 N–H and O–H groups in total. The van der Waals surface area contributed by atoms with E-state index < -0.39 is 12.1 Å². The van der Waals surface area contributed by atoms with Crippen LogP contribution >= 0.6 is 0 Å². The van der Waals surface area contributed by atoms with Crippen molar-refractivity contribution in [1.29, 1.82) is 5.26 Å². The number of aryl methyl sites for hydroxylation is 1. The van der Waals surface area contributed by atoms with Crippen LogP contribution in [0, 0.1) is 24.2 Å². The Kier molecular flexibility index (Phi) is 7.07. The molecule has 2 aromatic carbocycles. The molecule has 0 amide bonds. The molecular weight excluding hydrogens is 347 g/mol. The number of benzene rings is 2. The van der Waals surface area contributed by atoms with Crippen molar-refractivity contribution in [2.75, 3.05) is 0 Å². The van der Waals surface area contributed by atoms with Crippen molar-refractivity contribution in [2.24, 2.45) is 5.92 Å². The second-order valence-corrected chi connectivity index (χ2v) is 6.79. The zero-order chi connectivity index (χ0) is 20.0. The molecule has 0 saturated heterocycles. The van der Waals surface area contributed by atoms with Crippen LogP contribution in [0.15, 0.2) is 42.5 Å². The van der Waals surface area contributed by atoms with Crippen LogP contribution in [0.4, 0.5) is 13.2 Å². The van der Waals surface area contributed by atoms with E-state index in [1.54, 1.807) is 6.07 Å². The topological polar surface area (TPSA) is 23.8 Å². The standard InChI is InChI=1S/C21H20F3N.C2H6/c1-14-5-4-8-18(15-9-11-17(12-10-15)21(22,23)24)20(14)19-7-3-2-6-16(19)13-25;1-2/h2-8,15,17H,9-12H2,1H3;1-2H3. The van der Waals surface area contributed by atoms with Gasteiger partial charge in [0.2, 0.25) is 0 Å². The lowest BCUT2D eigenvalue weighted by Gasteiger charge is -2.31. The van der Waals surface area contributed by atoms with Crippen LogP contribution in [0.3, 0.4) is 0 Å². The Morgan fingerprint density at radius 2 is 1.56 bits per heavy atom. The molecule has 0 heterocycles. The molecule has 1 fully saturated rings. The van der Waals surface area contributed by atoms with Gasteiger partial charge in [0, 0.05) is 0 Å². The van der Waals surface area contributed by atoms with E-state index in [4.69, 9.17) is 0 Å². The summed E-state index contributed by atoms with van der Waals surface area (Å²) < 4.78 is 38.8. The average Bonchev–Trinajstić information content (AvgIpc) is 2.69. The van der Waals surface area contributed by atoms with Gasteiger partial charge in [-0.15, -0.1) is 0 Å². The Morgan fingerprint density at radius 3 is 2.15 bits per heavy atom. The summed E-state index contributed by atoms with van der Waals surface area (Å²) in [5.74, 6) is -1.07. The fraction of sp³-hybridized carbons (Fsp3) is 0.435. The van der Waals surface area contributed by atoms with Gasteiger partial charge in [-0.05, 0) is 66.8 Å². The van der Waals surface area contributed by atoms with Crippen LogP contribution in [-0.2, 0) is 0 Å². The van der Waals surface area contributed by atoms with E-state index in [0.717, 1.165) is 22.3 Å². The van der Waals surface area contributed by atoms with Gasteiger partial charge in [-0.1, -0.05) is 50.2 Å². The van der Waals surface area contributed by atoms with Gasteiger partial charge in [0.25, 0.3) is 0 Å². The van der Waals surface area contributed by atoms with Gasteiger partial charge in [0.05, 0.1) is 17.6 Å². The molecule has 0 radical (unpaired) electrons. The predicted octanol–water partition coefficient (Wildman–Crippen LogP) is 7.40. The van der Waals surface area contributed by atoms with Crippen molar-refractivity contribution < 1.29 is 13.2 Å². The number of nitrogens with zero attached hydrogens (tertiary/aromatic N) is 1. The van der Waals surface area contributed by atoms with Gasteiger partial charge < -0.3 is 0 Å². The summed E-state index contributed by atoms with van der Waals surface area (Å²) in [4.78, 5) is 0. The maximum atomic E-state index is 12.9. The molecule has 0 aromatic heterocycles. The lowest BCUT2D eigenvalue weighted by molar-refractivity contribution is -0.182. The molecule has 1 aliphatic rings. The van der Waals surface area contributed by atoms with Gasteiger partial charge >= 0.3 is 6.18 Å². The molecule has 144 valence electrons. The molecule has 3 rings (SSSR count). The van der Waals surface area contributed by atoms with E-state index in [1.165, 1.54) is 0 Å². The average molecular weight is 373 g/mol. The smallest absolute Gasteiger partial charge is 0.192 e. The molecule has 0 unspecified atom stereocenters. The van der Waals surface area contributed by atoms with Crippen molar-refractivity contribution in [3.05, 3.63) is 59.2 Å². The summed E-state index contributed by atoms with van der Waals surface area (Å²) in [6.45, 7) is 5.99. The minimum atomic E-state index is -4.09. The van der Waals surface area contributed by atoms with Crippen LogP contribution in [0.5, 0.6) is 0 Å².